The summed E-state index contributed by atoms with van der Waals surface area (Å²) in [5, 5.41) is 3.28. The molecule has 0 aliphatic carbocycles. The fourth-order valence-corrected chi connectivity index (χ4v) is 4.38. The van der Waals surface area contributed by atoms with Gasteiger partial charge in [0.05, 0.1) is 19.1 Å². The molecule has 8 nitrogen and oxygen atoms in total. The molecule has 2 rings (SSSR count). The second-order valence-corrected chi connectivity index (χ2v) is 10.9. The zero-order chi connectivity index (χ0) is 26.3. The van der Waals surface area contributed by atoms with Gasteiger partial charge in [-0.2, -0.15) is 0 Å². The predicted molar refractivity (Wildman–Crippen MR) is 139 cm³/mol. The van der Waals surface area contributed by atoms with Gasteiger partial charge in [0.15, 0.2) is 0 Å². The lowest BCUT2D eigenvalue weighted by molar-refractivity contribution is -0.139. The first-order valence-corrected chi connectivity index (χ1v) is 13.6. The number of halogens is 1. The van der Waals surface area contributed by atoms with Crippen molar-refractivity contribution in [3.05, 3.63) is 58.6 Å². The summed E-state index contributed by atoms with van der Waals surface area (Å²) in [5.41, 5.74) is 1.80. The zero-order valence-electron chi connectivity index (χ0n) is 21.0. The maximum Gasteiger partial charge on any atom is 0.244 e. The molecule has 2 aromatic rings. The Balaban J connectivity index is 2.42. The Hall–Kier alpha value is -2.78. The van der Waals surface area contributed by atoms with Crippen LogP contribution in [0.1, 0.15) is 38.3 Å². The number of benzene rings is 2. The minimum Gasteiger partial charge on any atom is -0.497 e. The lowest BCUT2D eigenvalue weighted by Gasteiger charge is -2.32. The van der Waals surface area contributed by atoms with Crippen LogP contribution >= 0.6 is 11.6 Å². The normalized spacial score (nSPS) is 13.0. The Kier molecular flexibility index (Phi) is 9.97. The maximum atomic E-state index is 13.6. The summed E-state index contributed by atoms with van der Waals surface area (Å²) >= 11 is 6.22. The number of sulfonamides is 1. The van der Waals surface area contributed by atoms with Crippen molar-refractivity contribution in [3.8, 4) is 5.75 Å². The standard InChI is InChI=1S/C25H34ClN3O5S/c1-7-18(3)27-25(31)19(4)28(15-20-9-8-10-22(13-20)34-5)24(30)16-29(35(6,32)33)21-12-11-17(2)23(26)14-21/h8-14,18-19H,7,15-16H2,1-6H3,(H,27,31). The number of nitrogens with zero attached hydrogens (tertiary/aromatic N) is 2. The van der Waals surface area contributed by atoms with Gasteiger partial charge >= 0.3 is 0 Å². The molecule has 1 N–H and O–H groups in total. The largest absolute Gasteiger partial charge is 0.497 e. The van der Waals surface area contributed by atoms with Crippen LogP contribution in [0.3, 0.4) is 0 Å². The summed E-state index contributed by atoms with van der Waals surface area (Å²) in [6.45, 7) is 6.87. The highest BCUT2D eigenvalue weighted by Gasteiger charge is 2.30. The Morgan fingerprint density at radius 1 is 1.14 bits per heavy atom. The van der Waals surface area contributed by atoms with Crippen LogP contribution in [0.15, 0.2) is 42.5 Å². The van der Waals surface area contributed by atoms with Crippen LogP contribution in [-0.2, 0) is 26.2 Å². The number of amides is 2. The fourth-order valence-electron chi connectivity index (χ4n) is 3.37. The molecule has 10 heteroatoms. The number of hydrogen-bond acceptors (Lipinski definition) is 5. The molecule has 2 aromatic carbocycles. The van der Waals surface area contributed by atoms with E-state index in [1.54, 1.807) is 51.3 Å². The number of ether oxygens (including phenoxy) is 1. The minimum atomic E-state index is -3.82. The lowest BCUT2D eigenvalue weighted by Crippen LogP contribution is -2.52. The SMILES string of the molecule is CCC(C)NC(=O)C(C)N(Cc1cccc(OC)c1)C(=O)CN(c1ccc(C)c(Cl)c1)S(C)(=O)=O. The second-order valence-electron chi connectivity index (χ2n) is 8.57. The maximum absolute atomic E-state index is 13.6. The van der Waals surface area contributed by atoms with Gasteiger partial charge in [-0.1, -0.05) is 36.7 Å². The molecule has 2 amide bonds. The van der Waals surface area contributed by atoms with Crippen LogP contribution in [0.4, 0.5) is 5.69 Å². The molecule has 0 radical (unpaired) electrons. The van der Waals surface area contributed by atoms with E-state index in [0.717, 1.165) is 28.1 Å². The van der Waals surface area contributed by atoms with Gasteiger partial charge in [0.25, 0.3) is 0 Å². The zero-order valence-corrected chi connectivity index (χ0v) is 22.6. The monoisotopic (exact) mass is 523 g/mol. The molecule has 0 fully saturated rings. The summed E-state index contributed by atoms with van der Waals surface area (Å²) in [6, 6.07) is 11.0. The van der Waals surface area contributed by atoms with Crippen LogP contribution in [-0.4, -0.2) is 57.1 Å². The van der Waals surface area contributed by atoms with E-state index in [1.807, 2.05) is 19.9 Å². The van der Waals surface area contributed by atoms with Gasteiger partial charge in [-0.05, 0) is 62.6 Å². The highest BCUT2D eigenvalue weighted by atomic mass is 35.5. The van der Waals surface area contributed by atoms with Crippen molar-refractivity contribution in [1.29, 1.82) is 0 Å². The first-order chi connectivity index (χ1) is 16.4. The van der Waals surface area contributed by atoms with Crippen LogP contribution in [0.5, 0.6) is 5.75 Å². The molecule has 0 aromatic heterocycles. The molecule has 0 aliphatic heterocycles. The van der Waals surface area contributed by atoms with Crippen molar-refractivity contribution in [2.24, 2.45) is 0 Å². The summed E-state index contributed by atoms with van der Waals surface area (Å²) in [4.78, 5) is 27.9. The van der Waals surface area contributed by atoms with Gasteiger partial charge in [0, 0.05) is 17.6 Å². The van der Waals surface area contributed by atoms with E-state index in [1.165, 1.54) is 11.0 Å². The summed E-state index contributed by atoms with van der Waals surface area (Å²) in [7, 11) is -2.28. The first kappa shape index (κ1) is 28.5. The minimum absolute atomic E-state index is 0.0686. The van der Waals surface area contributed by atoms with Gasteiger partial charge in [-0.25, -0.2) is 8.42 Å². The molecule has 35 heavy (non-hydrogen) atoms. The topological polar surface area (TPSA) is 96.0 Å². The molecule has 0 spiro atoms. The number of carbonyl (C=O) groups is 2. The van der Waals surface area contributed by atoms with Gasteiger partial charge < -0.3 is 15.0 Å². The van der Waals surface area contributed by atoms with E-state index in [4.69, 9.17) is 16.3 Å². The van der Waals surface area contributed by atoms with Gasteiger partial charge in [-0.3, -0.25) is 13.9 Å². The third kappa shape index (κ3) is 7.86. The average molecular weight is 524 g/mol. The average Bonchev–Trinajstić information content (AvgIpc) is 2.81. The predicted octanol–water partition coefficient (Wildman–Crippen LogP) is 3.76. The smallest absolute Gasteiger partial charge is 0.244 e. The van der Waals surface area contributed by atoms with E-state index in [0.29, 0.717) is 10.8 Å². The van der Waals surface area contributed by atoms with Crippen molar-refractivity contribution in [2.75, 3.05) is 24.2 Å². The molecule has 0 bridgehead atoms. The van der Waals surface area contributed by atoms with E-state index < -0.39 is 28.5 Å². The Morgan fingerprint density at radius 2 is 1.83 bits per heavy atom. The van der Waals surface area contributed by atoms with Crippen molar-refractivity contribution in [2.45, 2.75) is 52.7 Å². The number of aryl methyl sites for hydroxylation is 1. The second kappa shape index (κ2) is 12.3. The van der Waals surface area contributed by atoms with Crippen LogP contribution < -0.4 is 14.4 Å². The molecule has 0 aliphatic rings. The number of nitrogens with one attached hydrogen (secondary N) is 1. The van der Waals surface area contributed by atoms with Gasteiger partial charge in [-0.15, -0.1) is 0 Å². The number of anilines is 1. The van der Waals surface area contributed by atoms with Crippen LogP contribution in [0.25, 0.3) is 0 Å². The molecule has 2 atom stereocenters. The van der Waals surface area contributed by atoms with E-state index in [-0.39, 0.29) is 24.2 Å². The first-order valence-electron chi connectivity index (χ1n) is 11.3. The Labute approximate surface area is 213 Å². The summed E-state index contributed by atoms with van der Waals surface area (Å²) in [5.74, 6) is -0.236. The number of hydrogen-bond donors (Lipinski definition) is 1. The Morgan fingerprint density at radius 3 is 2.40 bits per heavy atom. The number of carbonyl (C=O) groups excluding carboxylic acids is 2. The van der Waals surface area contributed by atoms with E-state index in [9.17, 15) is 18.0 Å². The fraction of sp³-hybridized carbons (Fsp3) is 0.440. The molecule has 0 saturated heterocycles. The van der Waals surface area contributed by atoms with E-state index >= 15 is 0 Å². The van der Waals surface area contributed by atoms with E-state index in [2.05, 4.69) is 5.32 Å². The van der Waals surface area contributed by atoms with Crippen molar-refractivity contribution >= 4 is 39.1 Å². The van der Waals surface area contributed by atoms with Crippen LogP contribution in [0, 0.1) is 6.92 Å². The highest BCUT2D eigenvalue weighted by Crippen LogP contribution is 2.25. The molecule has 0 heterocycles. The van der Waals surface area contributed by atoms with Gasteiger partial charge in [0.2, 0.25) is 21.8 Å². The molecular formula is C25H34ClN3O5S. The molecule has 0 saturated carbocycles. The van der Waals surface area contributed by atoms with Crippen LogP contribution in [0.2, 0.25) is 5.02 Å². The molecule has 192 valence electrons. The third-order valence-electron chi connectivity index (χ3n) is 5.78. The number of methoxy groups -OCH3 is 1. The molecular weight excluding hydrogens is 490 g/mol. The van der Waals surface area contributed by atoms with Crippen molar-refractivity contribution < 1.29 is 22.7 Å². The third-order valence-corrected chi connectivity index (χ3v) is 7.33. The van der Waals surface area contributed by atoms with Crippen molar-refractivity contribution in [3.63, 3.8) is 0 Å². The number of rotatable bonds is 11. The summed E-state index contributed by atoms with van der Waals surface area (Å²) in [6.07, 6.45) is 1.76. The lowest BCUT2D eigenvalue weighted by atomic mass is 10.1. The van der Waals surface area contributed by atoms with Crippen molar-refractivity contribution in [1.82, 2.24) is 10.2 Å². The Bertz CT molecular complexity index is 1160. The van der Waals surface area contributed by atoms with Gasteiger partial charge in [0.1, 0.15) is 18.3 Å². The summed E-state index contributed by atoms with van der Waals surface area (Å²) < 4.78 is 31.5. The quantitative estimate of drug-likeness (QED) is 0.484. The molecule has 2 unspecified atom stereocenters. The highest BCUT2D eigenvalue weighted by molar-refractivity contribution is 7.92.